The van der Waals surface area contributed by atoms with Gasteiger partial charge in [-0.15, -0.1) is 0 Å². The Balaban J connectivity index is 1.49. The van der Waals surface area contributed by atoms with Gasteiger partial charge in [0.1, 0.15) is 35.2 Å². The molecule has 0 saturated carbocycles. The topological polar surface area (TPSA) is 97.4 Å². The average Bonchev–Trinajstić information content (AvgIpc) is 3.05. The highest BCUT2D eigenvalue weighted by atomic mass is 16.6. The third kappa shape index (κ3) is 9.46. The Morgan fingerprint density at radius 3 is 1.64 bits per heavy atom. The molecule has 228 valence electrons. The predicted molar refractivity (Wildman–Crippen MR) is 166 cm³/mol. The molecule has 0 fully saturated rings. The van der Waals surface area contributed by atoms with Crippen LogP contribution < -0.4 is 18.9 Å². The number of hydrogen-bond acceptors (Lipinski definition) is 8. The first-order valence-corrected chi connectivity index (χ1v) is 14.7. The Bertz CT molecular complexity index is 1510. The minimum absolute atomic E-state index is 0.00322. The summed E-state index contributed by atoms with van der Waals surface area (Å²) in [6.45, 7) is 5.35. The van der Waals surface area contributed by atoms with Crippen LogP contribution in [0.1, 0.15) is 76.2 Å². The van der Waals surface area contributed by atoms with Crippen molar-refractivity contribution in [3.63, 3.8) is 0 Å². The molecule has 0 aliphatic rings. The zero-order valence-corrected chi connectivity index (χ0v) is 25.0. The number of rotatable bonds is 15. The fourth-order valence-electron chi connectivity index (χ4n) is 3.99. The molecular weight excluding hydrogens is 560 g/mol. The van der Waals surface area contributed by atoms with Gasteiger partial charge in [0.15, 0.2) is 0 Å². The molecule has 8 heteroatoms. The van der Waals surface area contributed by atoms with E-state index in [1.165, 1.54) is 18.2 Å². The fourth-order valence-corrected chi connectivity index (χ4v) is 3.99. The van der Waals surface area contributed by atoms with Crippen molar-refractivity contribution in [1.82, 2.24) is 0 Å². The largest absolute Gasteiger partial charge is 0.494 e. The Kier molecular flexibility index (Phi) is 11.9. The summed E-state index contributed by atoms with van der Waals surface area (Å²) in [5, 5.41) is 0. The van der Waals surface area contributed by atoms with E-state index in [-0.39, 0.29) is 29.2 Å². The molecule has 0 unspecified atom stereocenters. The molecule has 4 aromatic rings. The maximum absolute atomic E-state index is 13.2. The molecule has 0 radical (unpaired) electrons. The summed E-state index contributed by atoms with van der Waals surface area (Å²) in [4.78, 5) is 39.0. The van der Waals surface area contributed by atoms with Gasteiger partial charge in [-0.3, -0.25) is 0 Å². The lowest BCUT2D eigenvalue weighted by Gasteiger charge is -2.13. The van der Waals surface area contributed by atoms with E-state index in [2.05, 4.69) is 13.8 Å². The highest BCUT2D eigenvalue weighted by Gasteiger charge is 2.21. The van der Waals surface area contributed by atoms with Crippen LogP contribution in [0.25, 0.3) is 0 Å². The van der Waals surface area contributed by atoms with Gasteiger partial charge >= 0.3 is 17.9 Å². The molecule has 0 aliphatic heterocycles. The van der Waals surface area contributed by atoms with Gasteiger partial charge in [0, 0.05) is 0 Å². The van der Waals surface area contributed by atoms with Crippen molar-refractivity contribution in [2.45, 2.75) is 46.1 Å². The van der Waals surface area contributed by atoms with Crippen molar-refractivity contribution in [2.24, 2.45) is 0 Å². The van der Waals surface area contributed by atoms with E-state index in [4.69, 9.17) is 23.7 Å². The highest BCUT2D eigenvalue weighted by Crippen LogP contribution is 2.28. The second kappa shape index (κ2) is 16.5. The predicted octanol–water partition coefficient (Wildman–Crippen LogP) is 7.84. The molecule has 0 amide bonds. The molecule has 0 bridgehead atoms. The molecule has 0 heterocycles. The normalized spacial score (nSPS) is 10.5. The Labute approximate surface area is 257 Å². The summed E-state index contributed by atoms with van der Waals surface area (Å²) in [6, 6.07) is 26.5. The van der Waals surface area contributed by atoms with Crippen LogP contribution in [0.2, 0.25) is 0 Å². The number of carbonyl (C=O) groups is 3. The summed E-state index contributed by atoms with van der Waals surface area (Å²) >= 11 is 0. The maximum atomic E-state index is 13.2. The first-order valence-electron chi connectivity index (χ1n) is 14.7. The monoisotopic (exact) mass is 596 g/mol. The van der Waals surface area contributed by atoms with Crippen molar-refractivity contribution in [3.8, 4) is 23.0 Å². The van der Waals surface area contributed by atoms with Crippen LogP contribution in [-0.4, -0.2) is 31.1 Å². The summed E-state index contributed by atoms with van der Waals surface area (Å²) in [7, 11) is 0. The molecule has 0 aromatic heterocycles. The number of ether oxygens (including phenoxy) is 5. The molecule has 44 heavy (non-hydrogen) atoms. The van der Waals surface area contributed by atoms with Crippen LogP contribution in [0.15, 0.2) is 97.1 Å². The molecule has 0 aliphatic carbocycles. The molecule has 0 N–H and O–H groups in total. The average molecular weight is 597 g/mol. The van der Waals surface area contributed by atoms with Crippen LogP contribution >= 0.6 is 0 Å². The van der Waals surface area contributed by atoms with Crippen molar-refractivity contribution in [1.29, 1.82) is 0 Å². The van der Waals surface area contributed by atoms with Gasteiger partial charge in [0.25, 0.3) is 0 Å². The molecule has 8 nitrogen and oxygen atoms in total. The van der Waals surface area contributed by atoms with Crippen LogP contribution in [0.3, 0.4) is 0 Å². The highest BCUT2D eigenvalue weighted by molar-refractivity contribution is 5.97. The summed E-state index contributed by atoms with van der Waals surface area (Å²) < 4.78 is 28.0. The fraction of sp³-hybridized carbons (Fsp3) is 0.250. The van der Waals surface area contributed by atoms with Crippen molar-refractivity contribution < 1.29 is 38.1 Å². The van der Waals surface area contributed by atoms with Gasteiger partial charge in [0.05, 0.1) is 24.3 Å². The number of benzene rings is 4. The quantitative estimate of drug-likeness (QED) is 0.0778. The zero-order chi connectivity index (χ0) is 31.1. The van der Waals surface area contributed by atoms with E-state index >= 15 is 0 Å². The first-order chi connectivity index (χ1) is 21.5. The van der Waals surface area contributed by atoms with Crippen LogP contribution in [-0.2, 0) is 11.3 Å². The third-order valence-corrected chi connectivity index (χ3v) is 6.51. The van der Waals surface area contributed by atoms with Gasteiger partial charge in [0.2, 0.25) is 0 Å². The SMILES string of the molecule is CCCCOc1ccc(C(=O)Oc2ccc(OC(=O)c3ccc(OCCCC)cc3)c(C(=O)OCc3ccccc3)c2)cc1. The van der Waals surface area contributed by atoms with Crippen LogP contribution in [0, 0.1) is 0 Å². The number of carbonyl (C=O) groups excluding carboxylic acids is 3. The van der Waals surface area contributed by atoms with E-state index < -0.39 is 17.9 Å². The van der Waals surface area contributed by atoms with E-state index in [0.717, 1.165) is 31.2 Å². The third-order valence-electron chi connectivity index (χ3n) is 6.51. The van der Waals surface area contributed by atoms with Crippen LogP contribution in [0.5, 0.6) is 23.0 Å². The zero-order valence-electron chi connectivity index (χ0n) is 25.0. The van der Waals surface area contributed by atoms with Crippen molar-refractivity contribution in [2.75, 3.05) is 13.2 Å². The van der Waals surface area contributed by atoms with Crippen molar-refractivity contribution in [3.05, 3.63) is 119 Å². The van der Waals surface area contributed by atoms with Gasteiger partial charge in [-0.2, -0.15) is 0 Å². The number of unbranched alkanes of at least 4 members (excludes halogenated alkanes) is 2. The molecule has 0 saturated heterocycles. The van der Waals surface area contributed by atoms with Gasteiger partial charge < -0.3 is 23.7 Å². The summed E-state index contributed by atoms with van der Waals surface area (Å²) in [5.41, 5.74) is 1.29. The minimum atomic E-state index is -0.747. The molecule has 4 aromatic carbocycles. The lowest BCUT2D eigenvalue weighted by atomic mass is 10.1. The molecule has 0 spiro atoms. The van der Waals surface area contributed by atoms with Gasteiger partial charge in [-0.25, -0.2) is 14.4 Å². The molecule has 4 rings (SSSR count). The molecular formula is C36H36O8. The molecule has 0 atom stereocenters. The second-order valence-corrected chi connectivity index (χ2v) is 9.95. The van der Waals surface area contributed by atoms with Crippen molar-refractivity contribution >= 4 is 17.9 Å². The van der Waals surface area contributed by atoms with E-state index in [9.17, 15) is 14.4 Å². The minimum Gasteiger partial charge on any atom is -0.494 e. The lowest BCUT2D eigenvalue weighted by molar-refractivity contribution is 0.0465. The van der Waals surface area contributed by atoms with E-state index in [1.54, 1.807) is 48.5 Å². The Morgan fingerprint density at radius 2 is 1.09 bits per heavy atom. The Hall–Kier alpha value is -5.11. The lowest BCUT2D eigenvalue weighted by Crippen LogP contribution is -2.14. The number of hydrogen-bond donors (Lipinski definition) is 0. The van der Waals surface area contributed by atoms with E-state index in [1.807, 2.05) is 30.3 Å². The summed E-state index contributed by atoms with van der Waals surface area (Å²) in [6.07, 6.45) is 3.90. The standard InChI is InChI=1S/C36H36O8/c1-3-5-22-40-29-16-12-27(13-17-29)34(37)43-31-20-21-33(32(24-31)36(39)42-25-26-10-8-7-9-11-26)44-35(38)28-14-18-30(19-15-28)41-23-6-4-2/h7-21,24H,3-6,22-23,25H2,1-2H3. The maximum Gasteiger partial charge on any atom is 0.343 e. The van der Waals surface area contributed by atoms with Gasteiger partial charge in [-0.1, -0.05) is 57.0 Å². The van der Waals surface area contributed by atoms with Gasteiger partial charge in [-0.05, 0) is 85.1 Å². The number of esters is 3. The first kappa shape index (κ1) is 31.8. The second-order valence-electron chi connectivity index (χ2n) is 9.95. The van der Waals surface area contributed by atoms with Crippen LogP contribution in [0.4, 0.5) is 0 Å². The summed E-state index contributed by atoms with van der Waals surface area (Å²) in [5.74, 6) is -0.702. The smallest absolute Gasteiger partial charge is 0.343 e. The van der Waals surface area contributed by atoms with E-state index in [0.29, 0.717) is 30.3 Å². The Morgan fingerprint density at radius 1 is 0.568 bits per heavy atom.